The first kappa shape index (κ1) is 23.3. The molecule has 1 fully saturated rings. The first-order valence-electron chi connectivity index (χ1n) is 12.2. The molecule has 4 aromatic rings. The van der Waals surface area contributed by atoms with Crippen molar-refractivity contribution in [2.45, 2.75) is 53.1 Å². The van der Waals surface area contributed by atoms with Crippen LogP contribution < -0.4 is 10.2 Å². The highest BCUT2D eigenvalue weighted by Gasteiger charge is 2.42. The van der Waals surface area contributed by atoms with Gasteiger partial charge in [0.1, 0.15) is 0 Å². The van der Waals surface area contributed by atoms with E-state index in [0.29, 0.717) is 0 Å². The fourth-order valence-corrected chi connectivity index (χ4v) is 5.61. The summed E-state index contributed by atoms with van der Waals surface area (Å²) in [5.74, 6) is 0. The molecule has 1 saturated heterocycles. The Balaban J connectivity index is 1.68. The van der Waals surface area contributed by atoms with Crippen molar-refractivity contribution in [3.63, 3.8) is 0 Å². The summed E-state index contributed by atoms with van der Waals surface area (Å²) in [6.45, 7) is 10.9. The van der Waals surface area contributed by atoms with Crippen LogP contribution in [0.3, 0.4) is 0 Å². The zero-order valence-electron chi connectivity index (χ0n) is 21.0. The molecule has 2 atom stereocenters. The molecule has 1 N–H and O–H groups in total. The molecule has 178 valence electrons. The number of aryl methyl sites for hydroxylation is 4. The van der Waals surface area contributed by atoms with Gasteiger partial charge < -0.3 is 14.8 Å². The summed E-state index contributed by atoms with van der Waals surface area (Å²) in [6.07, 6.45) is 2.87. The molecule has 0 spiro atoms. The van der Waals surface area contributed by atoms with Gasteiger partial charge in [0.05, 0.1) is 17.8 Å². The third-order valence-corrected chi connectivity index (χ3v) is 7.43. The summed E-state index contributed by atoms with van der Waals surface area (Å²) in [4.78, 5) is 6.98. The van der Waals surface area contributed by atoms with Crippen LogP contribution in [-0.4, -0.2) is 14.7 Å². The third kappa shape index (κ3) is 4.14. The van der Waals surface area contributed by atoms with E-state index in [1.807, 2.05) is 18.3 Å². The minimum Gasteiger partial charge on any atom is -0.351 e. The van der Waals surface area contributed by atoms with E-state index >= 15 is 0 Å². The number of nitrogens with zero attached hydrogens (tertiary/aromatic N) is 3. The second-order valence-corrected chi connectivity index (χ2v) is 9.86. The van der Waals surface area contributed by atoms with Gasteiger partial charge in [0, 0.05) is 29.0 Å². The van der Waals surface area contributed by atoms with Crippen molar-refractivity contribution in [3.05, 3.63) is 112 Å². The Labute approximate surface area is 213 Å². The van der Waals surface area contributed by atoms with Gasteiger partial charge in [-0.2, -0.15) is 0 Å². The molecule has 5 rings (SSSR count). The van der Waals surface area contributed by atoms with Crippen LogP contribution in [0.15, 0.2) is 72.9 Å². The highest BCUT2D eigenvalue weighted by atomic mass is 32.1. The zero-order valence-corrected chi connectivity index (χ0v) is 21.9. The van der Waals surface area contributed by atoms with Crippen molar-refractivity contribution in [1.29, 1.82) is 0 Å². The minimum atomic E-state index is -0.0536. The number of nitrogens with one attached hydrogen (secondary N) is 1. The van der Waals surface area contributed by atoms with Crippen LogP contribution in [0, 0.1) is 27.7 Å². The summed E-state index contributed by atoms with van der Waals surface area (Å²) in [5, 5.41) is 4.33. The smallest absolute Gasteiger partial charge is 0.174 e. The Kier molecular flexibility index (Phi) is 6.20. The lowest BCUT2D eigenvalue weighted by Crippen LogP contribution is -2.29. The molecule has 0 saturated carbocycles. The lowest BCUT2D eigenvalue weighted by Gasteiger charge is -2.28. The standard InChI is InChI=1S/C30H32N4S/c1-6-23-12-14-24(15-13-23)34-29(28(32-30(34)35)26-9-7-8-16-31-26)25-18-21(4)33(22(25)5)27-17-19(2)10-11-20(27)3/h7-18,28-29H,6H2,1-5H3,(H,32,35)/t28-,29-/m0/s1. The van der Waals surface area contributed by atoms with Crippen LogP contribution in [0.1, 0.15) is 58.3 Å². The van der Waals surface area contributed by atoms with Crippen molar-refractivity contribution < 1.29 is 0 Å². The molecule has 0 unspecified atom stereocenters. The molecule has 0 aliphatic carbocycles. The lowest BCUT2D eigenvalue weighted by molar-refractivity contribution is 0.565. The van der Waals surface area contributed by atoms with E-state index in [0.717, 1.165) is 22.9 Å². The van der Waals surface area contributed by atoms with Gasteiger partial charge >= 0.3 is 0 Å². The minimum absolute atomic E-state index is 0.0186. The molecular weight excluding hydrogens is 448 g/mol. The number of benzene rings is 2. The molecule has 2 aromatic carbocycles. The van der Waals surface area contributed by atoms with E-state index in [1.165, 1.54) is 39.3 Å². The number of aromatic nitrogens is 2. The summed E-state index contributed by atoms with van der Waals surface area (Å²) < 4.78 is 2.38. The molecule has 1 aliphatic rings. The summed E-state index contributed by atoms with van der Waals surface area (Å²) in [5.41, 5.74) is 10.8. The number of pyridine rings is 1. The molecule has 4 nitrogen and oxygen atoms in total. The average Bonchev–Trinajstić information content (AvgIpc) is 3.36. The van der Waals surface area contributed by atoms with Crippen LogP contribution in [0.5, 0.6) is 0 Å². The SMILES string of the molecule is CCc1ccc(N2C(=S)N[C@@H](c3ccccn3)[C@@H]2c2cc(C)n(-c3cc(C)ccc3C)c2C)cc1. The van der Waals surface area contributed by atoms with Gasteiger partial charge in [-0.3, -0.25) is 4.98 Å². The largest absolute Gasteiger partial charge is 0.351 e. The molecule has 2 aromatic heterocycles. The number of thiocarbonyl (C=S) groups is 1. The highest BCUT2D eigenvalue weighted by molar-refractivity contribution is 7.80. The van der Waals surface area contributed by atoms with E-state index < -0.39 is 0 Å². The van der Waals surface area contributed by atoms with Crippen molar-refractivity contribution in [1.82, 2.24) is 14.9 Å². The van der Waals surface area contributed by atoms with E-state index in [-0.39, 0.29) is 12.1 Å². The second kappa shape index (κ2) is 9.31. The fourth-order valence-electron chi connectivity index (χ4n) is 5.26. The van der Waals surface area contributed by atoms with Gasteiger partial charge in [-0.1, -0.05) is 37.3 Å². The normalized spacial score (nSPS) is 17.6. The van der Waals surface area contributed by atoms with Crippen molar-refractivity contribution in [3.8, 4) is 5.69 Å². The van der Waals surface area contributed by atoms with Crippen LogP contribution in [0.4, 0.5) is 5.69 Å². The molecule has 3 heterocycles. The maximum atomic E-state index is 5.93. The van der Waals surface area contributed by atoms with Crippen LogP contribution in [0.2, 0.25) is 0 Å². The van der Waals surface area contributed by atoms with Crippen LogP contribution in [-0.2, 0) is 6.42 Å². The average molecular weight is 481 g/mol. The van der Waals surface area contributed by atoms with Gasteiger partial charge in [-0.15, -0.1) is 0 Å². The Bertz CT molecular complexity index is 1370. The highest BCUT2D eigenvalue weighted by Crippen LogP contribution is 2.44. The topological polar surface area (TPSA) is 33.1 Å². The van der Waals surface area contributed by atoms with E-state index in [4.69, 9.17) is 17.2 Å². The predicted molar refractivity (Wildman–Crippen MR) is 148 cm³/mol. The molecular formula is C30H32N4S. The Hall–Kier alpha value is -3.44. The summed E-state index contributed by atoms with van der Waals surface area (Å²) >= 11 is 5.93. The molecule has 1 aliphatic heterocycles. The monoisotopic (exact) mass is 480 g/mol. The third-order valence-electron chi connectivity index (χ3n) is 7.12. The maximum Gasteiger partial charge on any atom is 0.174 e. The van der Waals surface area contributed by atoms with Gasteiger partial charge in [0.25, 0.3) is 0 Å². The lowest BCUT2D eigenvalue weighted by atomic mass is 9.96. The van der Waals surface area contributed by atoms with Gasteiger partial charge in [-0.05, 0) is 105 Å². The van der Waals surface area contributed by atoms with Gasteiger partial charge in [-0.25, -0.2) is 0 Å². The molecule has 35 heavy (non-hydrogen) atoms. The van der Waals surface area contributed by atoms with Gasteiger partial charge in [0.15, 0.2) is 5.11 Å². The zero-order chi connectivity index (χ0) is 24.7. The number of anilines is 1. The van der Waals surface area contributed by atoms with Crippen molar-refractivity contribution in [2.75, 3.05) is 4.90 Å². The molecule has 0 radical (unpaired) electrons. The van der Waals surface area contributed by atoms with Gasteiger partial charge in [0.2, 0.25) is 0 Å². The Morgan fingerprint density at radius 3 is 2.40 bits per heavy atom. The number of hydrogen-bond donors (Lipinski definition) is 1. The number of rotatable bonds is 5. The van der Waals surface area contributed by atoms with E-state index in [9.17, 15) is 0 Å². The van der Waals surface area contributed by atoms with Crippen LogP contribution in [0.25, 0.3) is 5.69 Å². The summed E-state index contributed by atoms with van der Waals surface area (Å²) in [6, 6.07) is 23.7. The quantitative estimate of drug-likeness (QED) is 0.317. The Morgan fingerprint density at radius 1 is 0.943 bits per heavy atom. The molecule has 0 bridgehead atoms. The summed E-state index contributed by atoms with van der Waals surface area (Å²) in [7, 11) is 0. The predicted octanol–water partition coefficient (Wildman–Crippen LogP) is 6.85. The Morgan fingerprint density at radius 2 is 1.71 bits per heavy atom. The van der Waals surface area contributed by atoms with E-state index in [1.54, 1.807) is 0 Å². The van der Waals surface area contributed by atoms with Crippen molar-refractivity contribution in [2.24, 2.45) is 0 Å². The maximum absolute atomic E-state index is 5.93. The first-order chi connectivity index (χ1) is 16.9. The first-order valence-corrected chi connectivity index (χ1v) is 12.7. The fraction of sp³-hybridized carbons (Fsp3) is 0.267. The molecule has 0 amide bonds. The molecule has 5 heteroatoms. The van der Waals surface area contributed by atoms with Crippen LogP contribution >= 0.6 is 12.2 Å². The number of hydrogen-bond acceptors (Lipinski definition) is 2. The second-order valence-electron chi connectivity index (χ2n) is 9.47. The van der Waals surface area contributed by atoms with Crippen molar-refractivity contribution >= 4 is 23.0 Å². The van der Waals surface area contributed by atoms with E-state index in [2.05, 4.69) is 104 Å².